The molecular weight excluding hydrogens is 403 g/mol. The molecule has 0 aromatic heterocycles. The molecule has 2 N–H and O–H groups in total. The summed E-state index contributed by atoms with van der Waals surface area (Å²) in [6.45, 7) is 3.55. The lowest BCUT2D eigenvalue weighted by Crippen LogP contribution is -2.47. The molecule has 0 aliphatic carbocycles. The van der Waals surface area contributed by atoms with E-state index in [1.165, 1.54) is 24.3 Å². The largest absolute Gasteiger partial charge is 0.325 e. The molecule has 0 saturated heterocycles. The molecule has 0 spiro atoms. The number of hydrogen-bond donors (Lipinski definition) is 2. The highest BCUT2D eigenvalue weighted by molar-refractivity contribution is 7.89. The molecule has 1 amide bonds. The van der Waals surface area contributed by atoms with E-state index in [1.54, 1.807) is 62.4 Å². The fraction of sp³-hybridized carbons (Fsp3) is 0.174. The van der Waals surface area contributed by atoms with Crippen LogP contribution in [0.4, 0.5) is 10.1 Å². The molecule has 0 aliphatic rings. The Morgan fingerprint density at radius 2 is 1.37 bits per heavy atom. The van der Waals surface area contributed by atoms with Gasteiger partial charge in [-0.2, -0.15) is 4.72 Å². The maximum Gasteiger partial charge on any atom is 0.242 e. The second kappa shape index (κ2) is 9.19. The van der Waals surface area contributed by atoms with Gasteiger partial charge in [0.1, 0.15) is 11.9 Å². The number of para-hydroxylation sites is 1. The van der Waals surface area contributed by atoms with E-state index in [1.807, 2.05) is 6.07 Å². The topological polar surface area (TPSA) is 75.3 Å². The number of sulfonamides is 1. The first-order valence-corrected chi connectivity index (χ1v) is 11.0. The van der Waals surface area contributed by atoms with Crippen LogP contribution in [0.2, 0.25) is 0 Å². The van der Waals surface area contributed by atoms with Crippen molar-refractivity contribution in [2.45, 2.75) is 24.8 Å². The number of rotatable bonds is 7. The van der Waals surface area contributed by atoms with Gasteiger partial charge in [-0.3, -0.25) is 4.79 Å². The van der Waals surface area contributed by atoms with Crippen LogP contribution < -0.4 is 10.0 Å². The number of anilines is 1. The van der Waals surface area contributed by atoms with Crippen molar-refractivity contribution >= 4 is 21.6 Å². The zero-order valence-electron chi connectivity index (χ0n) is 16.7. The highest BCUT2D eigenvalue weighted by Gasteiger charge is 2.28. The van der Waals surface area contributed by atoms with Gasteiger partial charge in [-0.25, -0.2) is 12.8 Å². The van der Waals surface area contributed by atoms with E-state index in [0.29, 0.717) is 5.69 Å². The molecule has 1 atom stereocenters. The van der Waals surface area contributed by atoms with Crippen molar-refractivity contribution < 1.29 is 17.6 Å². The molecule has 0 saturated carbocycles. The average molecular weight is 427 g/mol. The Kier molecular flexibility index (Phi) is 6.64. The number of nitrogens with one attached hydrogen (secondary N) is 2. The van der Waals surface area contributed by atoms with E-state index in [0.717, 1.165) is 11.1 Å². The Morgan fingerprint density at radius 1 is 0.833 bits per heavy atom. The van der Waals surface area contributed by atoms with E-state index in [2.05, 4.69) is 10.0 Å². The lowest BCUT2D eigenvalue weighted by Gasteiger charge is -2.21. The number of amides is 1. The molecule has 0 bridgehead atoms. The van der Waals surface area contributed by atoms with Crippen molar-refractivity contribution in [1.29, 1.82) is 0 Å². The molecule has 30 heavy (non-hydrogen) atoms. The predicted molar refractivity (Wildman–Crippen MR) is 116 cm³/mol. The minimum Gasteiger partial charge on any atom is -0.325 e. The second-order valence-electron chi connectivity index (χ2n) is 7.23. The van der Waals surface area contributed by atoms with Crippen LogP contribution in [0.1, 0.15) is 13.8 Å². The monoisotopic (exact) mass is 426 g/mol. The van der Waals surface area contributed by atoms with Crippen LogP contribution >= 0.6 is 0 Å². The van der Waals surface area contributed by atoms with Crippen molar-refractivity contribution in [2.75, 3.05) is 5.32 Å². The summed E-state index contributed by atoms with van der Waals surface area (Å²) in [5.74, 6) is -1.03. The summed E-state index contributed by atoms with van der Waals surface area (Å²) >= 11 is 0. The van der Waals surface area contributed by atoms with Crippen molar-refractivity contribution in [2.24, 2.45) is 5.92 Å². The Balaban J connectivity index is 1.77. The van der Waals surface area contributed by atoms with Crippen LogP contribution in [0.25, 0.3) is 11.1 Å². The third kappa shape index (κ3) is 5.31. The van der Waals surface area contributed by atoms with Crippen molar-refractivity contribution in [1.82, 2.24) is 4.72 Å². The number of benzene rings is 3. The van der Waals surface area contributed by atoms with Crippen LogP contribution in [0.15, 0.2) is 83.8 Å². The predicted octanol–water partition coefficient (Wildman–Crippen LogP) is 4.43. The number of halogens is 1. The summed E-state index contributed by atoms with van der Waals surface area (Å²) < 4.78 is 41.3. The van der Waals surface area contributed by atoms with Gasteiger partial charge in [-0.1, -0.05) is 56.3 Å². The van der Waals surface area contributed by atoms with Gasteiger partial charge in [0.2, 0.25) is 15.9 Å². The molecule has 156 valence electrons. The summed E-state index contributed by atoms with van der Waals surface area (Å²) in [5.41, 5.74) is 2.13. The molecule has 3 aromatic carbocycles. The van der Waals surface area contributed by atoms with Crippen molar-refractivity contribution in [3.8, 4) is 11.1 Å². The maximum atomic E-state index is 13.1. The molecule has 5 nitrogen and oxygen atoms in total. The van der Waals surface area contributed by atoms with Crippen LogP contribution in [-0.4, -0.2) is 20.4 Å². The Labute approximate surface area is 176 Å². The summed E-state index contributed by atoms with van der Waals surface area (Å²) in [6, 6.07) is 20.1. The molecular formula is C23H23FN2O3S. The lowest BCUT2D eigenvalue weighted by atomic mass is 10.0. The minimum atomic E-state index is -3.92. The maximum absolute atomic E-state index is 13.1. The fourth-order valence-corrected chi connectivity index (χ4v) is 4.28. The summed E-state index contributed by atoms with van der Waals surface area (Å²) in [5, 5.41) is 2.74. The highest BCUT2D eigenvalue weighted by Crippen LogP contribution is 2.22. The molecule has 3 rings (SSSR count). The van der Waals surface area contributed by atoms with Gasteiger partial charge in [0, 0.05) is 5.69 Å². The molecule has 3 aromatic rings. The molecule has 7 heteroatoms. The Morgan fingerprint density at radius 3 is 1.90 bits per heavy atom. The lowest BCUT2D eigenvalue weighted by molar-refractivity contribution is -0.118. The third-order valence-electron chi connectivity index (χ3n) is 4.61. The van der Waals surface area contributed by atoms with Gasteiger partial charge in [0.05, 0.1) is 4.90 Å². The highest BCUT2D eigenvalue weighted by atomic mass is 32.2. The normalized spacial score (nSPS) is 12.5. The number of carbonyl (C=O) groups is 1. The van der Waals surface area contributed by atoms with Crippen LogP contribution in [-0.2, 0) is 14.8 Å². The quantitative estimate of drug-likeness (QED) is 0.587. The standard InChI is InChI=1S/C23H23FN2O3S/c1-16(2)22(23(27)25-20-6-4-3-5-7-20)26-30(28,29)21-14-10-18(11-15-21)17-8-12-19(24)13-9-17/h3-16,22,26H,1-2H3,(H,25,27)/t22-/m1/s1. The zero-order chi connectivity index (χ0) is 21.7. The van der Waals surface area contributed by atoms with Gasteiger partial charge in [0.25, 0.3) is 0 Å². The third-order valence-corrected chi connectivity index (χ3v) is 6.07. The first-order valence-electron chi connectivity index (χ1n) is 9.50. The van der Waals surface area contributed by atoms with Crippen molar-refractivity contribution in [3.05, 3.63) is 84.7 Å². The minimum absolute atomic E-state index is 0.0477. The van der Waals surface area contributed by atoms with E-state index < -0.39 is 22.0 Å². The Bertz CT molecular complexity index is 1100. The number of carbonyl (C=O) groups excluding carboxylic acids is 1. The van der Waals surface area contributed by atoms with Crippen LogP contribution in [0.3, 0.4) is 0 Å². The summed E-state index contributed by atoms with van der Waals surface area (Å²) in [7, 11) is -3.92. The van der Waals surface area contributed by atoms with E-state index in [4.69, 9.17) is 0 Å². The zero-order valence-corrected chi connectivity index (χ0v) is 17.5. The molecule has 0 heterocycles. The van der Waals surface area contributed by atoms with E-state index in [9.17, 15) is 17.6 Å². The first kappa shape index (κ1) is 21.7. The number of hydrogen-bond acceptors (Lipinski definition) is 3. The Hall–Kier alpha value is -3.03. The molecule has 0 unspecified atom stereocenters. The summed E-state index contributed by atoms with van der Waals surface area (Å²) in [4.78, 5) is 12.7. The van der Waals surface area contributed by atoms with Crippen LogP contribution in [0.5, 0.6) is 0 Å². The van der Waals surface area contributed by atoms with Crippen LogP contribution in [0, 0.1) is 11.7 Å². The molecule has 0 radical (unpaired) electrons. The van der Waals surface area contributed by atoms with E-state index >= 15 is 0 Å². The first-order chi connectivity index (χ1) is 14.3. The van der Waals surface area contributed by atoms with Gasteiger partial charge >= 0.3 is 0 Å². The SMILES string of the molecule is CC(C)[C@@H](NS(=O)(=O)c1ccc(-c2ccc(F)cc2)cc1)C(=O)Nc1ccccc1. The van der Waals surface area contributed by atoms with Gasteiger partial charge in [-0.15, -0.1) is 0 Å². The average Bonchev–Trinajstić information content (AvgIpc) is 2.73. The summed E-state index contributed by atoms with van der Waals surface area (Å²) in [6.07, 6.45) is 0. The van der Waals surface area contributed by atoms with Gasteiger partial charge in [0.15, 0.2) is 0 Å². The fourth-order valence-electron chi connectivity index (χ4n) is 2.94. The van der Waals surface area contributed by atoms with E-state index in [-0.39, 0.29) is 16.6 Å². The van der Waals surface area contributed by atoms with Gasteiger partial charge < -0.3 is 5.32 Å². The van der Waals surface area contributed by atoms with Crippen molar-refractivity contribution in [3.63, 3.8) is 0 Å². The smallest absolute Gasteiger partial charge is 0.242 e. The van der Waals surface area contributed by atoms with Gasteiger partial charge in [-0.05, 0) is 53.4 Å². The molecule has 0 fully saturated rings. The molecule has 0 aliphatic heterocycles. The second-order valence-corrected chi connectivity index (χ2v) is 8.94.